The number of hydrazine groups is 1. The number of aliphatic hydroxyl groups is 9. The second kappa shape index (κ2) is 35.8. The van der Waals surface area contributed by atoms with Crippen molar-refractivity contribution in [2.45, 2.75) is 163 Å². The number of hydrogen-bond acceptors (Lipinski definition) is 23. The van der Waals surface area contributed by atoms with Gasteiger partial charge in [0.15, 0.2) is 0 Å². The van der Waals surface area contributed by atoms with E-state index in [9.17, 15) is 79.5 Å². The maximum absolute atomic E-state index is 13.6. The summed E-state index contributed by atoms with van der Waals surface area (Å²) in [6.07, 6.45) is 2.96. The van der Waals surface area contributed by atoms with Crippen LogP contribution in [0.4, 0.5) is 21.9 Å². The summed E-state index contributed by atoms with van der Waals surface area (Å²) >= 11 is 0. The molecule has 0 spiro atoms. The fourth-order valence-corrected chi connectivity index (χ4v) is 16.0. The number of carbonyl (C=O) groups excluding carboxylic acids is 4. The van der Waals surface area contributed by atoms with Crippen LogP contribution < -0.4 is 58.1 Å². The van der Waals surface area contributed by atoms with Crippen molar-refractivity contribution in [1.29, 1.82) is 0 Å². The monoisotopic (exact) mass is 1470 g/mol. The smallest absolute Gasteiger partial charge is 0.410 e. The molecule has 0 saturated carbocycles. The Balaban J connectivity index is 0.000000172. The molecule has 27 nitrogen and oxygen atoms in total. The number of nitrogens with zero attached hydrogens (tertiary/aromatic N) is 5. The molecule has 0 radical (unpaired) electrons. The molecule has 6 aromatic carbocycles. The molecule has 3 aliphatic heterocycles. The maximum Gasteiger partial charge on any atom is 0.410 e. The number of piperazine rings is 3. The van der Waals surface area contributed by atoms with Gasteiger partial charge in [0.1, 0.15) is 5.60 Å². The van der Waals surface area contributed by atoms with Gasteiger partial charge in [0.05, 0.1) is 94.6 Å². The molecule has 12 rings (SSSR count). The Morgan fingerprint density at radius 1 is 0.430 bits per heavy atom. The van der Waals surface area contributed by atoms with Gasteiger partial charge in [0.25, 0.3) is 0 Å². The van der Waals surface area contributed by atoms with Crippen LogP contribution in [-0.4, -0.2) is 164 Å². The third-order valence-electron chi connectivity index (χ3n) is 21.0. The number of anilines is 3. The van der Waals surface area contributed by atoms with Crippen LogP contribution in [0.25, 0.3) is 33.4 Å². The first-order chi connectivity index (χ1) is 51.3. The van der Waals surface area contributed by atoms with Gasteiger partial charge in [-0.15, -0.1) is 0 Å². The molecular weight excluding hydrogens is 1370 g/mol. The Morgan fingerprint density at radius 3 is 1.01 bits per heavy atom. The predicted octanol–water partition coefficient (Wildman–Crippen LogP) is 3.40. The van der Waals surface area contributed by atoms with E-state index in [1.54, 1.807) is 40.2 Å². The van der Waals surface area contributed by atoms with Gasteiger partial charge in [-0.05, 0) is 213 Å². The van der Waals surface area contributed by atoms with Crippen molar-refractivity contribution in [1.82, 2.24) is 31.2 Å². The average Bonchev–Trinajstić information content (AvgIpc) is 1.70. The van der Waals surface area contributed by atoms with Crippen LogP contribution in [-0.2, 0) is 97.8 Å². The number of carbonyl (C=O) groups is 4. The molecule has 107 heavy (non-hydrogen) atoms. The van der Waals surface area contributed by atoms with Crippen molar-refractivity contribution in [2.75, 3.05) is 93.2 Å². The number of nitrogens with one attached hydrogen (secondary N) is 4. The van der Waals surface area contributed by atoms with Gasteiger partial charge in [-0.25, -0.2) is 9.80 Å². The van der Waals surface area contributed by atoms with Crippen molar-refractivity contribution >= 4 is 40.9 Å². The molecule has 3 saturated heterocycles. The van der Waals surface area contributed by atoms with Gasteiger partial charge in [-0.1, -0.05) is 36.4 Å². The number of rotatable bonds is 15. The largest absolute Gasteiger partial charge is 0.444 e. The third-order valence-corrected chi connectivity index (χ3v) is 21.0. The Kier molecular flexibility index (Phi) is 26.9. The molecule has 27 heteroatoms. The Hall–Kier alpha value is -9.07. The lowest BCUT2D eigenvalue weighted by molar-refractivity contribution is -0.120. The minimum Gasteiger partial charge on any atom is -0.444 e. The van der Waals surface area contributed by atoms with E-state index in [4.69, 9.17) is 10.6 Å². The molecule has 0 bridgehead atoms. The summed E-state index contributed by atoms with van der Waals surface area (Å²) < 4.78 is 5.49. The van der Waals surface area contributed by atoms with E-state index in [-0.39, 0.29) is 106 Å². The van der Waals surface area contributed by atoms with Crippen LogP contribution in [0, 0.1) is 0 Å². The Bertz CT molecular complexity index is 4490. The third kappa shape index (κ3) is 18.1. The molecule has 3 atom stereocenters. The van der Waals surface area contributed by atoms with Gasteiger partial charge >= 0.3 is 6.09 Å². The number of nitrogens with two attached hydrogens (primary N) is 1. The Labute approximate surface area is 621 Å². The first-order valence-corrected chi connectivity index (χ1v) is 36.6. The van der Waals surface area contributed by atoms with Crippen molar-refractivity contribution < 1.29 is 69.9 Å². The normalized spacial score (nSPS) is 17.6. The molecule has 3 heterocycles. The summed E-state index contributed by atoms with van der Waals surface area (Å²) in [6, 6.07) is 20.1. The number of aliphatic hydroxyl groups excluding tert-OH is 9. The van der Waals surface area contributed by atoms with Crippen molar-refractivity contribution in [2.24, 2.45) is 5.84 Å². The van der Waals surface area contributed by atoms with E-state index in [1.165, 1.54) is 20.8 Å². The van der Waals surface area contributed by atoms with E-state index >= 15 is 0 Å². The quantitative estimate of drug-likeness (QED) is 0.0655. The van der Waals surface area contributed by atoms with Crippen LogP contribution in [0.1, 0.15) is 162 Å². The zero-order valence-corrected chi connectivity index (χ0v) is 61.9. The van der Waals surface area contributed by atoms with Crippen LogP contribution >= 0.6 is 0 Å². The zero-order valence-electron chi connectivity index (χ0n) is 61.9. The van der Waals surface area contributed by atoms with E-state index in [2.05, 4.69) is 26.2 Å². The van der Waals surface area contributed by atoms with Crippen molar-refractivity contribution in [3.05, 3.63) is 187 Å². The highest BCUT2D eigenvalue weighted by Crippen LogP contribution is 2.45. The van der Waals surface area contributed by atoms with Crippen LogP contribution in [0.5, 0.6) is 0 Å². The number of aryl methyl sites for hydroxylation is 3. The highest BCUT2D eigenvalue weighted by atomic mass is 16.6. The number of benzene rings is 3. The summed E-state index contributed by atoms with van der Waals surface area (Å²) in [7, 11) is 0. The van der Waals surface area contributed by atoms with Gasteiger partial charge in [-0.2, -0.15) is 0 Å². The summed E-state index contributed by atoms with van der Waals surface area (Å²) in [6.45, 7) is 14.3. The van der Waals surface area contributed by atoms with Crippen molar-refractivity contribution in [3.63, 3.8) is 0 Å². The van der Waals surface area contributed by atoms with Gasteiger partial charge in [0.2, 0.25) is 34.0 Å². The van der Waals surface area contributed by atoms with E-state index in [0.29, 0.717) is 186 Å². The molecule has 3 unspecified atom stereocenters. The molecular formula is C80H102N10O17. The van der Waals surface area contributed by atoms with E-state index < -0.39 is 17.7 Å². The summed E-state index contributed by atoms with van der Waals surface area (Å²) in [5, 5.41) is 105. The lowest BCUT2D eigenvalue weighted by atomic mass is 9.87. The van der Waals surface area contributed by atoms with Crippen molar-refractivity contribution in [3.8, 4) is 33.4 Å². The topological polar surface area (TPSA) is 401 Å². The van der Waals surface area contributed by atoms with Gasteiger partial charge < -0.3 is 91.6 Å². The minimum atomic E-state index is -0.594. The standard InChI is InChI=1S/C30H39N3O7.C25H32N4O5.C25H31N3O5/c1-18(37)31-25-7-5-19-13-20(15-34)23(16-35)24(17-36)28(19)21-6-8-26(27(38)14-22(21)25)32-9-11-33(12-10-32)29(39)40-30(2,3)4;1-15(33)27-22-4-2-16-10-17(12-30)20(13-31)21(14-32)25(16)18-3-5-23(24(34)11-19(18)22)28-6-8-29(26)9-7-28;1-15(32)27-22-4-2-16-10-17(12-29)20(13-30)21(14-31)25(16)18-3-5-23(24(33)11-19(18)22)28-8-6-26-7-9-28/h6,8,13-14,25,34-36H,5,7,9-12,15-17H2,1-4H3,(H,31,37);3,5,10-11,22,30-32H,2,4,6-9,12-14,26H2,1H3,(H,27,33);3,5,10-11,22,26,29-31H,2,4,6-9,12-14H2,1H3,(H,27,32). The SMILES string of the molecule is CC(=O)NC1CCc2cc(CO)c(CO)c(CO)c2-c2ccc(N3CCN(C(=O)OC(C)(C)C)CC3)c(=O)cc21.CC(=O)NC1CCc2cc(CO)c(CO)c(CO)c2-c2ccc(N3CCN(N)CC3)c(=O)cc21.CC(=O)NC1CCc2cc(CO)c(CO)c(CO)c2-c2ccc(N3CCNCC3)c(=O)cc21. The minimum absolute atomic E-state index is 0.114. The number of amides is 4. The van der Waals surface area contributed by atoms with Crippen LogP contribution in [0.2, 0.25) is 0 Å². The summed E-state index contributed by atoms with van der Waals surface area (Å²) in [4.78, 5) is 96.7. The number of ether oxygens (including phenoxy) is 1. The predicted molar refractivity (Wildman–Crippen MR) is 405 cm³/mol. The number of fused-ring (bicyclic) bond motifs is 9. The molecule has 3 fully saturated rings. The lowest BCUT2D eigenvalue weighted by Crippen LogP contribution is -2.50. The molecule has 574 valence electrons. The summed E-state index contributed by atoms with van der Waals surface area (Å²) in [5.74, 6) is 5.27. The molecule has 6 aliphatic rings. The fourth-order valence-electron chi connectivity index (χ4n) is 16.0. The van der Waals surface area contributed by atoms with Gasteiger partial charge in [0, 0.05) is 99.3 Å². The highest BCUT2D eigenvalue weighted by Gasteiger charge is 2.34. The fraction of sp³-hybridized carbons (Fsp3) is 0.463. The maximum atomic E-state index is 13.6. The van der Waals surface area contributed by atoms with Gasteiger partial charge in [-0.3, -0.25) is 34.6 Å². The first-order valence-electron chi connectivity index (χ1n) is 36.6. The Morgan fingerprint density at radius 2 is 0.729 bits per heavy atom. The molecule has 3 aliphatic carbocycles. The number of hydrogen-bond donors (Lipinski definition) is 14. The summed E-state index contributed by atoms with van der Waals surface area (Å²) in [5.41, 5.74) is 14.4. The zero-order chi connectivity index (χ0) is 77.1. The molecule has 4 amide bonds. The second-order valence-corrected chi connectivity index (χ2v) is 28.9. The van der Waals surface area contributed by atoms with E-state index in [0.717, 1.165) is 65.1 Å². The van der Waals surface area contributed by atoms with Crippen LogP contribution in [0.3, 0.4) is 0 Å². The average molecular weight is 1480 g/mol. The molecule has 0 aromatic heterocycles. The highest BCUT2D eigenvalue weighted by molar-refractivity contribution is 5.83. The lowest BCUT2D eigenvalue weighted by Gasteiger charge is -2.36. The first kappa shape index (κ1) is 80.5. The second-order valence-electron chi connectivity index (χ2n) is 28.9. The van der Waals surface area contributed by atoms with Crippen LogP contribution in [0.15, 0.2) is 87.2 Å². The van der Waals surface area contributed by atoms with E-state index in [1.807, 2.05) is 73.0 Å². The molecule has 15 N–H and O–H groups in total. The molecule has 6 aromatic rings.